The average Bonchev–Trinajstić information content (AvgIpc) is 3.76. The van der Waals surface area contributed by atoms with E-state index in [1.807, 2.05) is 11.3 Å². The van der Waals surface area contributed by atoms with Crippen molar-refractivity contribution >= 4 is 59.3 Å². The average molecular weight is 746 g/mol. The molecule has 0 unspecified atom stereocenters. The molecule has 0 amide bonds. The van der Waals surface area contributed by atoms with E-state index >= 15 is 0 Å². The number of hydrogen-bond donors (Lipinski definition) is 0. The van der Waals surface area contributed by atoms with Crippen LogP contribution >= 0.6 is 11.3 Å². The minimum atomic E-state index is -0.189. The first-order valence-corrected chi connectivity index (χ1v) is 20.6. The van der Waals surface area contributed by atoms with Gasteiger partial charge in [-0.15, -0.1) is 11.3 Å². The summed E-state index contributed by atoms with van der Waals surface area (Å²) in [5, 5.41) is 5.20. The molecule has 11 rings (SSSR count). The largest absolute Gasteiger partial charge is 0.310 e. The molecule has 9 aromatic carbocycles. The van der Waals surface area contributed by atoms with Crippen LogP contribution in [0.2, 0.25) is 0 Å². The number of nitrogens with zero attached hydrogens (tertiary/aromatic N) is 1. The molecule has 1 nitrogen and oxygen atoms in total. The van der Waals surface area contributed by atoms with Gasteiger partial charge >= 0.3 is 0 Å². The Hall–Kier alpha value is -6.74. The summed E-state index contributed by atoms with van der Waals surface area (Å²) in [6.45, 7) is 4.78. The smallest absolute Gasteiger partial charge is 0.0465 e. The van der Waals surface area contributed by atoms with E-state index in [2.05, 4.69) is 219 Å². The van der Waals surface area contributed by atoms with Crippen LogP contribution in [0.15, 0.2) is 200 Å². The number of anilines is 3. The van der Waals surface area contributed by atoms with Gasteiger partial charge in [-0.3, -0.25) is 0 Å². The number of hydrogen-bond acceptors (Lipinski definition) is 2. The van der Waals surface area contributed by atoms with Gasteiger partial charge in [-0.1, -0.05) is 166 Å². The molecular weight excluding hydrogens is 707 g/mol. The van der Waals surface area contributed by atoms with E-state index in [0.717, 1.165) is 17.1 Å². The van der Waals surface area contributed by atoms with Crippen LogP contribution in [0, 0.1) is 0 Å². The van der Waals surface area contributed by atoms with Crippen molar-refractivity contribution in [1.29, 1.82) is 0 Å². The Morgan fingerprint density at radius 1 is 0.368 bits per heavy atom. The Labute approximate surface area is 337 Å². The van der Waals surface area contributed by atoms with Crippen LogP contribution in [0.5, 0.6) is 0 Å². The molecule has 2 heteroatoms. The summed E-state index contributed by atoms with van der Waals surface area (Å²) in [7, 11) is 0. The second kappa shape index (κ2) is 13.2. The third-order valence-corrected chi connectivity index (χ3v) is 13.3. The first-order valence-electron chi connectivity index (χ1n) is 19.8. The Morgan fingerprint density at radius 3 is 1.70 bits per heavy atom. The van der Waals surface area contributed by atoms with Crippen molar-refractivity contribution in [1.82, 2.24) is 0 Å². The molecule has 0 N–H and O–H groups in total. The Balaban J connectivity index is 1.01. The minimum absolute atomic E-state index is 0.189. The lowest BCUT2D eigenvalue weighted by atomic mass is 9.81. The van der Waals surface area contributed by atoms with Crippen molar-refractivity contribution in [3.8, 4) is 44.5 Å². The van der Waals surface area contributed by atoms with Gasteiger partial charge < -0.3 is 4.90 Å². The lowest BCUT2D eigenvalue weighted by molar-refractivity contribution is 0.660. The molecule has 0 radical (unpaired) electrons. The van der Waals surface area contributed by atoms with Crippen LogP contribution in [0.4, 0.5) is 17.1 Å². The zero-order valence-electron chi connectivity index (χ0n) is 31.9. The van der Waals surface area contributed by atoms with E-state index in [-0.39, 0.29) is 5.41 Å². The fraction of sp³-hybridized carbons (Fsp3) is 0.0545. The maximum Gasteiger partial charge on any atom is 0.0465 e. The van der Waals surface area contributed by atoms with E-state index in [1.165, 1.54) is 86.6 Å². The molecule has 1 aliphatic rings. The van der Waals surface area contributed by atoms with Gasteiger partial charge in [0.05, 0.1) is 0 Å². The van der Waals surface area contributed by atoms with Crippen LogP contribution in [-0.4, -0.2) is 0 Å². The maximum atomic E-state index is 2.46. The van der Waals surface area contributed by atoms with E-state index in [1.54, 1.807) is 0 Å². The molecule has 1 aliphatic carbocycles. The van der Waals surface area contributed by atoms with Crippen molar-refractivity contribution in [2.24, 2.45) is 0 Å². The molecule has 0 bridgehead atoms. The number of rotatable bonds is 6. The highest BCUT2D eigenvalue weighted by molar-refractivity contribution is 7.26. The second-order valence-corrected chi connectivity index (χ2v) is 16.8. The number of thiophene rings is 1. The van der Waals surface area contributed by atoms with Crippen LogP contribution in [0.1, 0.15) is 25.0 Å². The fourth-order valence-electron chi connectivity index (χ4n) is 9.15. The highest BCUT2D eigenvalue weighted by Gasteiger charge is 2.36. The van der Waals surface area contributed by atoms with Crippen LogP contribution in [0.25, 0.3) is 75.5 Å². The summed E-state index contributed by atoms with van der Waals surface area (Å²) in [5.74, 6) is 0. The summed E-state index contributed by atoms with van der Waals surface area (Å²) in [5.41, 5.74) is 16.0. The quantitative estimate of drug-likeness (QED) is 0.164. The van der Waals surface area contributed by atoms with Crippen molar-refractivity contribution in [2.45, 2.75) is 19.3 Å². The van der Waals surface area contributed by atoms with E-state index in [9.17, 15) is 0 Å². The first-order chi connectivity index (χ1) is 28.0. The molecule has 57 heavy (non-hydrogen) atoms. The van der Waals surface area contributed by atoms with E-state index in [4.69, 9.17) is 0 Å². The summed E-state index contributed by atoms with van der Waals surface area (Å²) in [4.78, 5) is 2.41. The van der Waals surface area contributed by atoms with Crippen molar-refractivity contribution in [3.63, 3.8) is 0 Å². The molecule has 0 aliphatic heterocycles. The van der Waals surface area contributed by atoms with Crippen LogP contribution in [-0.2, 0) is 5.41 Å². The monoisotopic (exact) mass is 745 g/mol. The Kier molecular flexibility index (Phi) is 7.77. The SMILES string of the molecule is CC1(C)c2cc(-c3cccc4c3sc3ccccc34)ccc2-c2ccc(N(c3ccc(-c4ccccc4)cc3)c3ccc(-c4cccc5ccccc45)cc3)cc21. The Bertz CT molecular complexity index is 3130. The molecule has 0 spiro atoms. The van der Waals surface area contributed by atoms with Crippen molar-refractivity contribution in [3.05, 3.63) is 211 Å². The fourth-order valence-corrected chi connectivity index (χ4v) is 10.4. The minimum Gasteiger partial charge on any atom is -0.310 e. The van der Waals surface area contributed by atoms with Gasteiger partial charge in [0.25, 0.3) is 0 Å². The lowest BCUT2D eigenvalue weighted by Gasteiger charge is -2.28. The molecule has 0 fully saturated rings. The van der Waals surface area contributed by atoms with E-state index in [0.29, 0.717) is 0 Å². The third-order valence-electron chi connectivity index (χ3n) is 12.1. The molecule has 1 aromatic heterocycles. The maximum absolute atomic E-state index is 2.46. The van der Waals surface area contributed by atoms with Crippen molar-refractivity contribution in [2.75, 3.05) is 4.90 Å². The standard InChI is InChI=1S/C55H39NS/c1-55(2)51-34-40(46-19-11-20-50-49-17-8-9-21-53(49)57-54(46)50)26-32-47(51)48-33-31-43(35-52(48)55)56(41-27-22-37(23-28-41)36-12-4-3-5-13-36)42-29-24-39(25-30-42)45-18-10-15-38-14-6-7-16-44(38)45/h3-35H,1-2H3. The molecule has 270 valence electrons. The second-order valence-electron chi connectivity index (χ2n) is 15.7. The zero-order valence-corrected chi connectivity index (χ0v) is 32.7. The molecule has 0 saturated heterocycles. The van der Waals surface area contributed by atoms with Crippen molar-refractivity contribution < 1.29 is 0 Å². The van der Waals surface area contributed by atoms with Gasteiger partial charge in [0.15, 0.2) is 0 Å². The Morgan fingerprint density at radius 2 is 0.912 bits per heavy atom. The molecule has 10 aromatic rings. The predicted octanol–water partition coefficient (Wildman–Crippen LogP) is 16.0. The van der Waals surface area contributed by atoms with Gasteiger partial charge in [-0.05, 0) is 115 Å². The summed E-state index contributed by atoms with van der Waals surface area (Å²) < 4.78 is 2.69. The van der Waals surface area contributed by atoms with E-state index < -0.39 is 0 Å². The van der Waals surface area contributed by atoms with Crippen LogP contribution < -0.4 is 4.90 Å². The number of benzene rings is 9. The molecular formula is C55H39NS. The van der Waals surface area contributed by atoms with Gasteiger partial charge in [0, 0.05) is 42.6 Å². The normalized spacial score (nSPS) is 12.9. The summed E-state index contributed by atoms with van der Waals surface area (Å²) in [6, 6.07) is 73.7. The molecule has 0 saturated carbocycles. The predicted molar refractivity (Wildman–Crippen MR) is 245 cm³/mol. The summed E-state index contributed by atoms with van der Waals surface area (Å²) >= 11 is 1.90. The van der Waals surface area contributed by atoms with Gasteiger partial charge in [-0.2, -0.15) is 0 Å². The first kappa shape index (κ1) is 33.6. The zero-order chi connectivity index (χ0) is 38.1. The van der Waals surface area contributed by atoms with Crippen LogP contribution in [0.3, 0.4) is 0 Å². The van der Waals surface area contributed by atoms with Gasteiger partial charge in [-0.25, -0.2) is 0 Å². The lowest BCUT2D eigenvalue weighted by Crippen LogP contribution is -2.16. The van der Waals surface area contributed by atoms with Gasteiger partial charge in [0.1, 0.15) is 0 Å². The topological polar surface area (TPSA) is 3.24 Å². The summed E-state index contributed by atoms with van der Waals surface area (Å²) in [6.07, 6.45) is 0. The highest BCUT2D eigenvalue weighted by atomic mass is 32.1. The molecule has 1 heterocycles. The number of fused-ring (bicyclic) bond motifs is 7. The highest BCUT2D eigenvalue weighted by Crippen LogP contribution is 2.52. The molecule has 0 atom stereocenters. The van der Waals surface area contributed by atoms with Gasteiger partial charge in [0.2, 0.25) is 0 Å². The third kappa shape index (κ3) is 5.51.